The smallest absolute Gasteiger partial charge is 0.211 e. The summed E-state index contributed by atoms with van der Waals surface area (Å²) in [5, 5.41) is 10.8. The van der Waals surface area contributed by atoms with E-state index in [-0.39, 0.29) is 5.88 Å². The second-order valence-corrected chi connectivity index (χ2v) is 7.55. The number of hydrogen-bond donors (Lipinski definition) is 1. The van der Waals surface area contributed by atoms with Gasteiger partial charge in [0, 0.05) is 23.4 Å². The van der Waals surface area contributed by atoms with Gasteiger partial charge >= 0.3 is 0 Å². The van der Waals surface area contributed by atoms with Crippen LogP contribution in [0.15, 0.2) is 58.5 Å². The first-order valence-corrected chi connectivity index (χ1v) is 9.79. The third-order valence-electron chi connectivity index (χ3n) is 4.63. The molecule has 1 aliphatic rings. The summed E-state index contributed by atoms with van der Waals surface area (Å²) >= 11 is 1.49. The maximum atomic E-state index is 10.8. The number of thiazole rings is 1. The standard InChI is InChI=1S/C22H21N3OS/c1-4-25-21(26)20(27-22(25)24-16-11-9-14(2)10-12-16)13-18-15(3)23-19-8-6-5-7-17(18)19/h5-13,26H,4H2,1-3H3. The molecule has 4 rings (SSSR count). The summed E-state index contributed by atoms with van der Waals surface area (Å²) in [4.78, 5) is 10.9. The minimum atomic E-state index is 0.248. The number of rotatable bonds is 3. The fourth-order valence-corrected chi connectivity index (χ4v) is 4.21. The Labute approximate surface area is 162 Å². The number of allylic oxidation sites excluding steroid dienone is 1. The van der Waals surface area contributed by atoms with Crippen molar-refractivity contribution in [1.82, 2.24) is 4.57 Å². The van der Waals surface area contributed by atoms with Crippen LogP contribution in [0.25, 0.3) is 11.6 Å². The normalized spacial score (nSPS) is 15.3. The Morgan fingerprint density at radius 1 is 1.11 bits per heavy atom. The van der Waals surface area contributed by atoms with Gasteiger partial charge in [0.2, 0.25) is 5.88 Å². The number of aromatic hydroxyl groups is 1. The molecule has 2 aromatic carbocycles. The molecule has 0 fully saturated rings. The molecule has 0 aliphatic carbocycles. The quantitative estimate of drug-likeness (QED) is 0.649. The lowest BCUT2D eigenvalue weighted by molar-refractivity contribution is 0.416. The molecule has 0 spiro atoms. The molecule has 0 amide bonds. The minimum absolute atomic E-state index is 0.248. The highest BCUT2D eigenvalue weighted by molar-refractivity contribution is 7.10. The predicted molar refractivity (Wildman–Crippen MR) is 113 cm³/mol. The number of aryl methyl sites for hydroxylation is 1. The van der Waals surface area contributed by atoms with Crippen molar-refractivity contribution >= 4 is 40.1 Å². The maximum absolute atomic E-state index is 10.8. The van der Waals surface area contributed by atoms with Crippen molar-refractivity contribution in [2.45, 2.75) is 27.3 Å². The fraction of sp³-hybridized carbons (Fsp3) is 0.182. The van der Waals surface area contributed by atoms with E-state index in [9.17, 15) is 5.11 Å². The minimum Gasteiger partial charge on any atom is -0.493 e. The van der Waals surface area contributed by atoms with Gasteiger partial charge in [-0.2, -0.15) is 0 Å². The highest BCUT2D eigenvalue weighted by Crippen LogP contribution is 2.37. The number of benzene rings is 2. The largest absolute Gasteiger partial charge is 0.493 e. The zero-order valence-electron chi connectivity index (χ0n) is 15.6. The molecule has 4 nitrogen and oxygen atoms in total. The SMILES string of the molecule is CCn1c(O)c(C=C2C(C)=Nc3ccccc32)sc1=Nc1ccc(C)cc1. The average Bonchev–Trinajstić information content (AvgIpc) is 3.14. The summed E-state index contributed by atoms with van der Waals surface area (Å²) < 4.78 is 1.84. The van der Waals surface area contributed by atoms with Crippen LogP contribution in [0.4, 0.5) is 11.4 Å². The van der Waals surface area contributed by atoms with Gasteiger partial charge in [-0.1, -0.05) is 47.2 Å². The molecule has 0 radical (unpaired) electrons. The van der Waals surface area contributed by atoms with Crippen LogP contribution in [-0.2, 0) is 6.54 Å². The van der Waals surface area contributed by atoms with Crippen LogP contribution in [0.1, 0.15) is 29.9 Å². The Morgan fingerprint density at radius 2 is 1.85 bits per heavy atom. The summed E-state index contributed by atoms with van der Waals surface area (Å²) in [6, 6.07) is 16.2. The molecule has 1 N–H and O–H groups in total. The predicted octanol–water partition coefficient (Wildman–Crippen LogP) is 5.46. The van der Waals surface area contributed by atoms with Gasteiger partial charge in [0.1, 0.15) is 0 Å². The van der Waals surface area contributed by atoms with Gasteiger partial charge in [0.15, 0.2) is 4.80 Å². The monoisotopic (exact) mass is 375 g/mol. The Morgan fingerprint density at radius 3 is 2.59 bits per heavy atom. The highest BCUT2D eigenvalue weighted by Gasteiger charge is 2.19. The molecule has 5 heteroatoms. The molecule has 1 aromatic heterocycles. The lowest BCUT2D eigenvalue weighted by atomic mass is 10.0. The lowest BCUT2D eigenvalue weighted by Gasteiger charge is -2.02. The van der Waals surface area contributed by atoms with E-state index in [0.29, 0.717) is 6.54 Å². The molecule has 27 heavy (non-hydrogen) atoms. The molecular weight excluding hydrogens is 354 g/mol. The van der Waals surface area contributed by atoms with Gasteiger partial charge in [-0.25, -0.2) is 4.99 Å². The van der Waals surface area contributed by atoms with Crippen molar-refractivity contribution in [3.63, 3.8) is 0 Å². The van der Waals surface area contributed by atoms with Crippen molar-refractivity contribution in [3.8, 4) is 5.88 Å². The van der Waals surface area contributed by atoms with E-state index in [0.717, 1.165) is 37.9 Å². The molecule has 136 valence electrons. The van der Waals surface area contributed by atoms with Gasteiger partial charge in [-0.3, -0.25) is 9.56 Å². The first-order chi connectivity index (χ1) is 13.1. The van der Waals surface area contributed by atoms with E-state index in [4.69, 9.17) is 4.99 Å². The molecule has 1 aliphatic heterocycles. The van der Waals surface area contributed by atoms with Crippen LogP contribution in [0.3, 0.4) is 0 Å². The van der Waals surface area contributed by atoms with Gasteiger partial charge in [0.05, 0.1) is 16.3 Å². The molecule has 0 unspecified atom stereocenters. The van der Waals surface area contributed by atoms with Gasteiger partial charge < -0.3 is 5.11 Å². The molecule has 2 heterocycles. The van der Waals surface area contributed by atoms with Gasteiger partial charge in [-0.05, 0) is 45.0 Å². The Hall–Kier alpha value is -2.92. The summed E-state index contributed by atoms with van der Waals surface area (Å²) in [5.41, 5.74) is 6.17. The molecule has 0 saturated heterocycles. The Balaban J connectivity index is 1.83. The van der Waals surface area contributed by atoms with Crippen molar-refractivity contribution in [2.75, 3.05) is 0 Å². The number of aromatic nitrogens is 1. The van der Waals surface area contributed by atoms with Crippen LogP contribution in [-0.4, -0.2) is 15.4 Å². The number of fused-ring (bicyclic) bond motifs is 1. The van der Waals surface area contributed by atoms with Gasteiger partial charge in [-0.15, -0.1) is 0 Å². The summed E-state index contributed by atoms with van der Waals surface area (Å²) in [6.07, 6.45) is 2.02. The van der Waals surface area contributed by atoms with E-state index in [1.165, 1.54) is 16.9 Å². The molecular formula is C22H21N3OS. The highest BCUT2D eigenvalue weighted by atomic mass is 32.1. The van der Waals surface area contributed by atoms with E-state index in [1.54, 1.807) is 0 Å². The van der Waals surface area contributed by atoms with E-state index in [1.807, 2.05) is 67.0 Å². The summed E-state index contributed by atoms with van der Waals surface area (Å²) in [6.45, 7) is 6.72. The molecule has 0 bridgehead atoms. The summed E-state index contributed by atoms with van der Waals surface area (Å²) in [7, 11) is 0. The average molecular weight is 375 g/mol. The molecule has 0 saturated carbocycles. The topological polar surface area (TPSA) is 49.9 Å². The zero-order valence-corrected chi connectivity index (χ0v) is 16.4. The Kier molecular flexibility index (Phi) is 4.54. The van der Waals surface area contributed by atoms with E-state index >= 15 is 0 Å². The van der Waals surface area contributed by atoms with Crippen LogP contribution >= 0.6 is 11.3 Å². The zero-order chi connectivity index (χ0) is 19.0. The number of para-hydroxylation sites is 1. The first kappa shape index (κ1) is 17.5. The third kappa shape index (κ3) is 3.26. The second-order valence-electron chi connectivity index (χ2n) is 6.54. The van der Waals surface area contributed by atoms with Crippen LogP contribution in [0.5, 0.6) is 5.88 Å². The van der Waals surface area contributed by atoms with Crippen molar-refractivity contribution in [1.29, 1.82) is 0 Å². The van der Waals surface area contributed by atoms with Crippen molar-refractivity contribution in [2.24, 2.45) is 9.98 Å². The first-order valence-electron chi connectivity index (χ1n) is 8.97. The Bertz CT molecular complexity index is 1130. The van der Waals surface area contributed by atoms with Crippen LogP contribution in [0, 0.1) is 6.92 Å². The third-order valence-corrected chi connectivity index (χ3v) is 5.65. The van der Waals surface area contributed by atoms with Crippen LogP contribution in [0.2, 0.25) is 0 Å². The maximum Gasteiger partial charge on any atom is 0.211 e. The number of nitrogens with zero attached hydrogens (tertiary/aromatic N) is 3. The lowest BCUT2D eigenvalue weighted by Crippen LogP contribution is -2.12. The summed E-state index contributed by atoms with van der Waals surface area (Å²) in [5.74, 6) is 0.248. The molecule has 0 atom stereocenters. The van der Waals surface area contributed by atoms with Crippen LogP contribution < -0.4 is 4.80 Å². The van der Waals surface area contributed by atoms with E-state index in [2.05, 4.69) is 18.0 Å². The molecule has 3 aromatic rings. The fourth-order valence-electron chi connectivity index (χ4n) is 3.16. The van der Waals surface area contributed by atoms with Crippen molar-refractivity contribution in [3.05, 3.63) is 69.3 Å². The number of aliphatic imine (C=N–C) groups is 1. The van der Waals surface area contributed by atoms with E-state index < -0.39 is 0 Å². The number of hydrogen-bond acceptors (Lipinski definition) is 4. The van der Waals surface area contributed by atoms with Crippen molar-refractivity contribution < 1.29 is 5.11 Å². The van der Waals surface area contributed by atoms with Gasteiger partial charge in [0.25, 0.3) is 0 Å². The second kappa shape index (κ2) is 7.00.